The zero-order valence-electron chi connectivity index (χ0n) is 10.4. The highest BCUT2D eigenvalue weighted by Gasteiger charge is 2.17. The van der Waals surface area contributed by atoms with E-state index >= 15 is 0 Å². The minimum Gasteiger partial charge on any atom is -0.352 e. The molecule has 92 valence electrons. The van der Waals surface area contributed by atoms with Crippen LogP contribution in [0.25, 0.3) is 0 Å². The first-order valence-corrected chi connectivity index (χ1v) is 6.97. The van der Waals surface area contributed by atoms with Crippen LogP contribution in [0.3, 0.4) is 0 Å². The molecule has 2 nitrogen and oxygen atoms in total. The molecule has 0 fully saturated rings. The van der Waals surface area contributed by atoms with Gasteiger partial charge < -0.3 is 4.90 Å². The molecule has 0 N–H and O–H groups in total. The average molecular weight is 303 g/mol. The van der Waals surface area contributed by atoms with E-state index in [1.165, 1.54) is 16.7 Å². The van der Waals surface area contributed by atoms with E-state index in [9.17, 15) is 0 Å². The van der Waals surface area contributed by atoms with Crippen LogP contribution in [-0.2, 0) is 13.0 Å². The molecule has 0 spiro atoms. The fourth-order valence-electron chi connectivity index (χ4n) is 2.39. The third-order valence-electron chi connectivity index (χ3n) is 3.49. The molecule has 18 heavy (non-hydrogen) atoms. The summed E-state index contributed by atoms with van der Waals surface area (Å²) in [5.41, 5.74) is 4.13. The molecule has 3 rings (SSSR count). The lowest BCUT2D eigenvalue weighted by molar-refractivity contribution is 0.720. The van der Waals surface area contributed by atoms with Gasteiger partial charge in [0.2, 0.25) is 0 Å². The van der Waals surface area contributed by atoms with Gasteiger partial charge in [-0.15, -0.1) is 0 Å². The number of fused-ring (bicyclic) bond motifs is 1. The molecule has 0 aliphatic carbocycles. The van der Waals surface area contributed by atoms with Gasteiger partial charge in [0.05, 0.1) is 0 Å². The molecule has 1 aliphatic rings. The summed E-state index contributed by atoms with van der Waals surface area (Å²) in [6.07, 6.45) is 3.00. The molecule has 0 unspecified atom stereocenters. The van der Waals surface area contributed by atoms with E-state index in [-0.39, 0.29) is 0 Å². The number of nitrogens with zero attached hydrogens (tertiary/aromatic N) is 2. The molecule has 3 heteroatoms. The van der Waals surface area contributed by atoms with Crippen LogP contribution in [-0.4, -0.2) is 11.5 Å². The van der Waals surface area contributed by atoms with Crippen LogP contribution in [0, 0.1) is 6.92 Å². The van der Waals surface area contributed by atoms with Crippen LogP contribution in [0.1, 0.15) is 16.7 Å². The molecule has 2 aromatic rings. The van der Waals surface area contributed by atoms with Crippen LogP contribution in [0.4, 0.5) is 5.82 Å². The fourth-order valence-corrected chi connectivity index (χ4v) is 2.61. The highest BCUT2D eigenvalue weighted by molar-refractivity contribution is 9.10. The zero-order chi connectivity index (χ0) is 12.5. The van der Waals surface area contributed by atoms with Gasteiger partial charge in [-0.25, -0.2) is 4.98 Å². The van der Waals surface area contributed by atoms with E-state index in [4.69, 9.17) is 0 Å². The number of hydrogen-bond donors (Lipinski definition) is 0. The van der Waals surface area contributed by atoms with Crippen molar-refractivity contribution in [2.24, 2.45) is 0 Å². The second kappa shape index (κ2) is 4.73. The normalized spacial score (nSPS) is 14.4. The third-order valence-corrected chi connectivity index (χ3v) is 4.32. The maximum absolute atomic E-state index is 4.51. The standard InChI is InChI=1S/C15H15BrN2/c1-11-8-15(17-9-14(11)16)18-7-6-12-4-2-3-5-13(12)10-18/h2-5,8-9H,6-7,10H2,1H3. The molecule has 0 radical (unpaired) electrons. The summed E-state index contributed by atoms with van der Waals surface area (Å²) in [6.45, 7) is 4.11. The number of aromatic nitrogens is 1. The van der Waals surface area contributed by atoms with Crippen molar-refractivity contribution >= 4 is 21.7 Å². The third kappa shape index (κ3) is 2.15. The lowest BCUT2D eigenvalue weighted by Crippen LogP contribution is -2.30. The van der Waals surface area contributed by atoms with E-state index in [1.54, 1.807) is 0 Å². The summed E-state index contributed by atoms with van der Waals surface area (Å²) >= 11 is 3.50. The quantitative estimate of drug-likeness (QED) is 0.798. The summed E-state index contributed by atoms with van der Waals surface area (Å²) in [5.74, 6) is 1.07. The molecule has 0 saturated heterocycles. The number of aryl methyl sites for hydroxylation is 1. The highest BCUT2D eigenvalue weighted by Crippen LogP contribution is 2.25. The number of pyridine rings is 1. The molecule has 0 atom stereocenters. The lowest BCUT2D eigenvalue weighted by Gasteiger charge is -2.30. The van der Waals surface area contributed by atoms with E-state index in [2.05, 4.69) is 63.1 Å². The van der Waals surface area contributed by atoms with Gasteiger partial charge in [0.1, 0.15) is 5.82 Å². The first-order chi connectivity index (χ1) is 8.74. The Morgan fingerprint density at radius 1 is 1.22 bits per heavy atom. The summed E-state index contributed by atoms with van der Waals surface area (Å²) < 4.78 is 1.07. The van der Waals surface area contributed by atoms with Crippen molar-refractivity contribution in [3.05, 3.63) is 57.7 Å². The van der Waals surface area contributed by atoms with Crippen LogP contribution in [0.15, 0.2) is 41.0 Å². The van der Waals surface area contributed by atoms with Crippen molar-refractivity contribution in [3.8, 4) is 0 Å². The maximum atomic E-state index is 4.51. The number of halogens is 1. The summed E-state index contributed by atoms with van der Waals surface area (Å²) in [7, 11) is 0. The smallest absolute Gasteiger partial charge is 0.129 e. The van der Waals surface area contributed by atoms with Gasteiger partial charge >= 0.3 is 0 Å². The molecule has 0 amide bonds. The van der Waals surface area contributed by atoms with Gasteiger partial charge in [0, 0.05) is 23.8 Å². The van der Waals surface area contributed by atoms with Crippen molar-refractivity contribution in [1.82, 2.24) is 4.98 Å². The van der Waals surface area contributed by atoms with E-state index in [1.807, 2.05) is 6.20 Å². The Bertz CT molecular complexity index is 580. The average Bonchev–Trinajstić information content (AvgIpc) is 2.41. The van der Waals surface area contributed by atoms with Gasteiger partial charge in [0.25, 0.3) is 0 Å². The van der Waals surface area contributed by atoms with Crippen LogP contribution < -0.4 is 4.90 Å². The largest absolute Gasteiger partial charge is 0.352 e. The minimum atomic E-state index is 0.963. The molecule has 1 aromatic heterocycles. The lowest BCUT2D eigenvalue weighted by atomic mass is 10.00. The van der Waals surface area contributed by atoms with Gasteiger partial charge in [-0.2, -0.15) is 0 Å². The summed E-state index contributed by atoms with van der Waals surface area (Å²) in [4.78, 5) is 6.86. The van der Waals surface area contributed by atoms with Gasteiger partial charge in [-0.1, -0.05) is 24.3 Å². The Hall–Kier alpha value is -1.35. The monoisotopic (exact) mass is 302 g/mol. The Kier molecular flexibility index (Phi) is 3.08. The van der Waals surface area contributed by atoms with Crippen LogP contribution >= 0.6 is 15.9 Å². The van der Waals surface area contributed by atoms with Crippen molar-refractivity contribution < 1.29 is 0 Å². The summed E-state index contributed by atoms with van der Waals surface area (Å²) in [5, 5.41) is 0. The molecule has 2 heterocycles. The Labute approximate surface area is 116 Å². The molecule has 0 bridgehead atoms. The first kappa shape index (κ1) is 11.7. The molecular formula is C15H15BrN2. The summed E-state index contributed by atoms with van der Waals surface area (Å²) in [6, 6.07) is 10.8. The maximum Gasteiger partial charge on any atom is 0.129 e. The van der Waals surface area contributed by atoms with E-state index < -0.39 is 0 Å². The topological polar surface area (TPSA) is 16.1 Å². The van der Waals surface area contributed by atoms with Gasteiger partial charge in [0.15, 0.2) is 0 Å². The molecule has 0 saturated carbocycles. The minimum absolute atomic E-state index is 0.963. The number of rotatable bonds is 1. The van der Waals surface area contributed by atoms with Crippen LogP contribution in [0.2, 0.25) is 0 Å². The van der Waals surface area contributed by atoms with Crippen molar-refractivity contribution in [2.45, 2.75) is 19.9 Å². The SMILES string of the molecule is Cc1cc(N2CCc3ccccc3C2)ncc1Br. The van der Waals surface area contributed by atoms with Gasteiger partial charge in [-0.05, 0) is 52.0 Å². The zero-order valence-corrected chi connectivity index (χ0v) is 11.9. The molecule has 1 aromatic carbocycles. The van der Waals surface area contributed by atoms with E-state index in [0.29, 0.717) is 0 Å². The Morgan fingerprint density at radius 2 is 2.00 bits per heavy atom. The first-order valence-electron chi connectivity index (χ1n) is 6.18. The Morgan fingerprint density at radius 3 is 2.78 bits per heavy atom. The predicted octanol–water partition coefficient (Wildman–Crippen LogP) is 3.72. The number of benzene rings is 1. The second-order valence-corrected chi connectivity index (χ2v) is 5.59. The van der Waals surface area contributed by atoms with Crippen molar-refractivity contribution in [3.63, 3.8) is 0 Å². The fraction of sp³-hybridized carbons (Fsp3) is 0.267. The highest BCUT2D eigenvalue weighted by atomic mass is 79.9. The van der Waals surface area contributed by atoms with Crippen molar-refractivity contribution in [2.75, 3.05) is 11.4 Å². The number of hydrogen-bond acceptors (Lipinski definition) is 2. The predicted molar refractivity (Wildman–Crippen MR) is 77.9 cm³/mol. The second-order valence-electron chi connectivity index (χ2n) is 4.73. The number of anilines is 1. The Balaban J connectivity index is 1.89. The van der Waals surface area contributed by atoms with Gasteiger partial charge in [-0.3, -0.25) is 0 Å². The van der Waals surface area contributed by atoms with Crippen molar-refractivity contribution in [1.29, 1.82) is 0 Å². The molecule has 1 aliphatic heterocycles. The van der Waals surface area contributed by atoms with E-state index in [0.717, 1.165) is 29.8 Å². The van der Waals surface area contributed by atoms with Crippen LogP contribution in [0.5, 0.6) is 0 Å². The molecular weight excluding hydrogens is 288 g/mol.